The second-order valence-electron chi connectivity index (χ2n) is 11.8. The molecule has 0 aliphatic heterocycles. The Bertz CT molecular complexity index is 1660. The van der Waals surface area contributed by atoms with Crippen LogP contribution < -0.4 is 15.4 Å². The van der Waals surface area contributed by atoms with Gasteiger partial charge in [-0.15, -0.1) is 13.2 Å². The number of aliphatic carboxylic acids is 1. The van der Waals surface area contributed by atoms with Crippen LogP contribution >= 0.6 is 0 Å². The van der Waals surface area contributed by atoms with Crippen LogP contribution in [0.5, 0.6) is 5.75 Å². The van der Waals surface area contributed by atoms with Gasteiger partial charge in [-0.3, -0.25) is 9.59 Å². The Balaban J connectivity index is 0.000000319. The van der Waals surface area contributed by atoms with Gasteiger partial charge in [0.1, 0.15) is 12.0 Å². The second kappa shape index (κ2) is 17.9. The van der Waals surface area contributed by atoms with E-state index in [1.807, 2.05) is 14.0 Å². The molecule has 49 heavy (non-hydrogen) atoms. The third kappa shape index (κ3) is 11.5. The van der Waals surface area contributed by atoms with Gasteiger partial charge in [-0.1, -0.05) is 67.4 Å². The van der Waals surface area contributed by atoms with Crippen LogP contribution in [0.1, 0.15) is 76.2 Å². The van der Waals surface area contributed by atoms with Crippen LogP contribution in [0.25, 0.3) is 11.1 Å². The van der Waals surface area contributed by atoms with Crippen molar-refractivity contribution in [3.63, 3.8) is 0 Å². The SMILES string of the molecule is CCCC(c1ccc(C(=O)NCCC(=O)O)cc1)C(C=O)c1ccc(OC(F)(F)F)cc1.CNc1ccc(-c2c(C)cc(C)cc2C)cc1. The fraction of sp³-hybridized carbons (Fsp3) is 0.308. The molecule has 0 aromatic heterocycles. The van der Waals surface area contributed by atoms with Crippen molar-refractivity contribution in [3.05, 3.63) is 118 Å². The van der Waals surface area contributed by atoms with Crippen LogP contribution in [0.4, 0.5) is 18.9 Å². The monoisotopic (exact) mass is 676 g/mol. The van der Waals surface area contributed by atoms with Crippen molar-refractivity contribution in [2.24, 2.45) is 0 Å². The number of halogens is 3. The van der Waals surface area contributed by atoms with E-state index < -0.39 is 24.2 Å². The van der Waals surface area contributed by atoms with E-state index in [0.29, 0.717) is 17.5 Å². The maximum atomic E-state index is 12.4. The first kappa shape index (κ1) is 38.3. The maximum Gasteiger partial charge on any atom is 0.573 e. The smallest absolute Gasteiger partial charge is 0.481 e. The molecule has 0 heterocycles. The van der Waals surface area contributed by atoms with E-state index >= 15 is 0 Å². The highest BCUT2D eigenvalue weighted by molar-refractivity contribution is 5.94. The number of amides is 1. The number of carbonyl (C=O) groups is 3. The van der Waals surface area contributed by atoms with E-state index in [2.05, 4.69) is 72.5 Å². The summed E-state index contributed by atoms with van der Waals surface area (Å²) in [7, 11) is 1.94. The van der Waals surface area contributed by atoms with Gasteiger partial charge in [-0.05, 0) is 103 Å². The lowest BCUT2D eigenvalue weighted by Gasteiger charge is -2.24. The normalized spacial score (nSPS) is 12.2. The third-order valence-corrected chi connectivity index (χ3v) is 8.04. The lowest BCUT2D eigenvalue weighted by molar-refractivity contribution is -0.274. The number of carbonyl (C=O) groups excluding carboxylic acids is 2. The molecule has 2 unspecified atom stereocenters. The summed E-state index contributed by atoms with van der Waals surface area (Å²) in [6.07, 6.45) is -2.79. The Labute approximate surface area is 285 Å². The minimum Gasteiger partial charge on any atom is -0.481 e. The van der Waals surface area contributed by atoms with Crippen molar-refractivity contribution in [3.8, 4) is 16.9 Å². The van der Waals surface area contributed by atoms with Crippen molar-refractivity contribution in [2.45, 2.75) is 65.2 Å². The Kier molecular flexibility index (Phi) is 14.0. The van der Waals surface area contributed by atoms with Gasteiger partial charge >= 0.3 is 12.3 Å². The number of anilines is 1. The van der Waals surface area contributed by atoms with Crippen LogP contribution in [0, 0.1) is 20.8 Å². The van der Waals surface area contributed by atoms with Crippen molar-refractivity contribution in [1.82, 2.24) is 5.32 Å². The summed E-state index contributed by atoms with van der Waals surface area (Å²) in [6, 6.07) is 24.9. The molecule has 0 saturated carbocycles. The molecule has 0 spiro atoms. The van der Waals surface area contributed by atoms with E-state index in [9.17, 15) is 27.6 Å². The summed E-state index contributed by atoms with van der Waals surface area (Å²) in [5, 5.41) is 14.3. The molecule has 10 heteroatoms. The second-order valence-corrected chi connectivity index (χ2v) is 11.8. The summed E-state index contributed by atoms with van der Waals surface area (Å²) in [6.45, 7) is 8.48. The highest BCUT2D eigenvalue weighted by atomic mass is 19.4. The fourth-order valence-electron chi connectivity index (χ4n) is 5.87. The average Bonchev–Trinajstić information content (AvgIpc) is 3.05. The van der Waals surface area contributed by atoms with Crippen LogP contribution in [0.3, 0.4) is 0 Å². The Morgan fingerprint density at radius 1 is 0.878 bits per heavy atom. The summed E-state index contributed by atoms with van der Waals surface area (Å²) in [5.41, 5.74) is 9.54. The molecule has 1 amide bonds. The number of hydrogen-bond acceptors (Lipinski definition) is 5. The lowest BCUT2D eigenvalue weighted by Crippen LogP contribution is -2.26. The minimum atomic E-state index is -4.79. The molecule has 2 atom stereocenters. The summed E-state index contributed by atoms with van der Waals surface area (Å²) < 4.78 is 41.0. The first-order valence-electron chi connectivity index (χ1n) is 16.0. The zero-order chi connectivity index (χ0) is 36.1. The number of carboxylic acid groups (broad SMARTS) is 1. The fourth-order valence-corrected chi connectivity index (χ4v) is 5.87. The quantitative estimate of drug-likeness (QED) is 0.122. The van der Waals surface area contributed by atoms with Gasteiger partial charge in [0.05, 0.1) is 6.42 Å². The number of benzene rings is 4. The average molecular weight is 677 g/mol. The summed E-state index contributed by atoms with van der Waals surface area (Å²) in [5.74, 6) is -2.62. The van der Waals surface area contributed by atoms with E-state index in [4.69, 9.17) is 5.11 Å². The number of nitrogens with one attached hydrogen (secondary N) is 2. The lowest BCUT2D eigenvalue weighted by atomic mass is 9.79. The molecular weight excluding hydrogens is 633 g/mol. The Hall–Kier alpha value is -5.12. The topological polar surface area (TPSA) is 105 Å². The molecule has 0 saturated heterocycles. The molecule has 3 N–H and O–H groups in total. The molecule has 0 radical (unpaired) electrons. The highest BCUT2D eigenvalue weighted by Gasteiger charge is 2.31. The number of aldehydes is 1. The van der Waals surface area contributed by atoms with Crippen LogP contribution in [0.15, 0.2) is 84.9 Å². The number of hydrogen-bond donors (Lipinski definition) is 3. The first-order chi connectivity index (χ1) is 23.3. The molecule has 0 aliphatic rings. The Morgan fingerprint density at radius 3 is 1.94 bits per heavy atom. The van der Waals surface area contributed by atoms with Crippen LogP contribution in [-0.4, -0.2) is 43.2 Å². The predicted octanol–water partition coefficient (Wildman–Crippen LogP) is 8.98. The number of rotatable bonds is 13. The van der Waals surface area contributed by atoms with Crippen molar-refractivity contribution < 1.29 is 37.4 Å². The standard InChI is InChI=1S/C23H24F3NO5.C16H19N/c1-2-3-19(15-4-6-17(7-5-15)22(31)27-13-12-21(29)30)20(14-28)16-8-10-18(11-9-16)32-23(24,25)26;1-11-9-12(2)16(13(3)10-11)14-5-7-15(17-4)8-6-14/h4-11,14,19-20H,2-3,12-13H2,1H3,(H,27,31)(H,29,30);5-10,17H,1-4H3. The van der Waals surface area contributed by atoms with Gasteiger partial charge in [0.2, 0.25) is 0 Å². The molecule has 4 aromatic rings. The summed E-state index contributed by atoms with van der Waals surface area (Å²) in [4.78, 5) is 34.6. The minimum absolute atomic E-state index is 0.00957. The zero-order valence-electron chi connectivity index (χ0n) is 28.4. The molecule has 4 rings (SSSR count). The van der Waals surface area contributed by atoms with Crippen LogP contribution in [0.2, 0.25) is 0 Å². The van der Waals surface area contributed by atoms with Crippen LogP contribution in [-0.2, 0) is 9.59 Å². The van der Waals surface area contributed by atoms with Gasteiger partial charge in [0.25, 0.3) is 5.91 Å². The maximum absolute atomic E-state index is 12.4. The van der Waals surface area contributed by atoms with Crippen molar-refractivity contribution in [1.29, 1.82) is 0 Å². The number of carboxylic acids is 1. The Morgan fingerprint density at radius 2 is 1.45 bits per heavy atom. The van der Waals surface area contributed by atoms with Gasteiger partial charge < -0.3 is 25.3 Å². The highest BCUT2D eigenvalue weighted by Crippen LogP contribution is 2.36. The van der Waals surface area contributed by atoms with Gasteiger partial charge in [-0.25, -0.2) is 0 Å². The van der Waals surface area contributed by atoms with E-state index in [0.717, 1.165) is 24.0 Å². The van der Waals surface area contributed by atoms with E-state index in [1.165, 1.54) is 52.1 Å². The number of ether oxygens (including phenoxy) is 1. The van der Waals surface area contributed by atoms with Gasteiger partial charge in [0, 0.05) is 30.8 Å². The number of aryl methyl sites for hydroxylation is 3. The van der Waals surface area contributed by atoms with Crippen molar-refractivity contribution >= 4 is 23.9 Å². The first-order valence-corrected chi connectivity index (χ1v) is 16.0. The molecular formula is C39H43F3N2O5. The van der Waals surface area contributed by atoms with E-state index in [-0.39, 0.29) is 24.6 Å². The molecule has 7 nitrogen and oxygen atoms in total. The zero-order valence-corrected chi connectivity index (χ0v) is 28.4. The molecule has 0 fully saturated rings. The molecule has 0 aliphatic carbocycles. The van der Waals surface area contributed by atoms with Crippen molar-refractivity contribution in [2.75, 3.05) is 18.9 Å². The van der Waals surface area contributed by atoms with E-state index in [1.54, 1.807) is 24.3 Å². The summed E-state index contributed by atoms with van der Waals surface area (Å²) >= 11 is 0. The molecule has 0 bridgehead atoms. The molecule has 260 valence electrons. The number of alkyl halides is 3. The van der Waals surface area contributed by atoms with Gasteiger partial charge in [0.15, 0.2) is 0 Å². The molecule has 4 aromatic carbocycles. The van der Waals surface area contributed by atoms with Gasteiger partial charge in [-0.2, -0.15) is 0 Å². The largest absolute Gasteiger partial charge is 0.573 e. The predicted molar refractivity (Wildman–Crippen MR) is 186 cm³/mol. The third-order valence-electron chi connectivity index (χ3n) is 8.04.